The molecule has 1 aromatic carbocycles. The lowest BCUT2D eigenvalue weighted by atomic mass is 10.1. The van der Waals surface area contributed by atoms with E-state index in [2.05, 4.69) is 5.32 Å². The third-order valence-corrected chi connectivity index (χ3v) is 3.25. The number of nitrogens with zero attached hydrogens (tertiary/aromatic N) is 1. The fraction of sp³-hybridized carbons (Fsp3) is 0.467. The summed E-state index contributed by atoms with van der Waals surface area (Å²) in [6.45, 7) is 6.51. The predicted molar refractivity (Wildman–Crippen MR) is 78.7 cm³/mol. The first-order valence-electron chi connectivity index (χ1n) is 7.07. The van der Waals surface area contributed by atoms with E-state index in [0.717, 1.165) is 0 Å². The number of hydrogen-bond donors (Lipinski definition) is 1. The molecule has 1 N–H and O–H groups in total. The molecule has 0 spiro atoms. The molecule has 6 heteroatoms. The number of piperazine rings is 1. The normalized spacial score (nSPS) is 18.4. The van der Waals surface area contributed by atoms with Crippen LogP contribution in [0.15, 0.2) is 18.2 Å². The predicted octanol–water partition coefficient (Wildman–Crippen LogP) is 1.34. The summed E-state index contributed by atoms with van der Waals surface area (Å²) in [6.07, 6.45) is 0. The number of anilines is 1. The fourth-order valence-corrected chi connectivity index (χ4v) is 2.29. The molecule has 114 valence electrons. The van der Waals surface area contributed by atoms with Gasteiger partial charge in [-0.2, -0.15) is 0 Å². The van der Waals surface area contributed by atoms with Crippen molar-refractivity contribution in [2.45, 2.75) is 26.8 Å². The van der Waals surface area contributed by atoms with Gasteiger partial charge in [0.2, 0.25) is 11.8 Å². The summed E-state index contributed by atoms with van der Waals surface area (Å²) < 4.78 is 11.1. The monoisotopic (exact) mass is 292 g/mol. The Labute approximate surface area is 124 Å². The van der Waals surface area contributed by atoms with Crippen LogP contribution >= 0.6 is 0 Å². The van der Waals surface area contributed by atoms with E-state index >= 15 is 0 Å². The van der Waals surface area contributed by atoms with E-state index in [4.69, 9.17) is 9.47 Å². The van der Waals surface area contributed by atoms with Gasteiger partial charge in [-0.15, -0.1) is 0 Å². The highest BCUT2D eigenvalue weighted by atomic mass is 16.5. The molecule has 1 unspecified atom stereocenters. The lowest BCUT2D eigenvalue weighted by Crippen LogP contribution is -2.57. The largest absolute Gasteiger partial charge is 0.490 e. The second-order valence-corrected chi connectivity index (χ2v) is 4.65. The SMILES string of the molecule is CCOc1ccc(N2C(=O)CNC(=O)C2C)cc1OCC. The molecule has 2 amide bonds. The molecule has 1 heterocycles. The average Bonchev–Trinajstić information content (AvgIpc) is 2.46. The van der Waals surface area contributed by atoms with Crippen molar-refractivity contribution >= 4 is 17.5 Å². The second-order valence-electron chi connectivity index (χ2n) is 4.65. The van der Waals surface area contributed by atoms with Gasteiger partial charge >= 0.3 is 0 Å². The Bertz CT molecular complexity index is 544. The van der Waals surface area contributed by atoms with Crippen LogP contribution in [0.3, 0.4) is 0 Å². The Morgan fingerprint density at radius 2 is 1.86 bits per heavy atom. The molecular weight excluding hydrogens is 272 g/mol. The van der Waals surface area contributed by atoms with Gasteiger partial charge < -0.3 is 14.8 Å². The molecule has 0 radical (unpaired) electrons. The van der Waals surface area contributed by atoms with E-state index in [9.17, 15) is 9.59 Å². The first kappa shape index (κ1) is 15.2. The number of benzene rings is 1. The van der Waals surface area contributed by atoms with Crippen LogP contribution in [0.2, 0.25) is 0 Å². The van der Waals surface area contributed by atoms with E-state index < -0.39 is 6.04 Å². The van der Waals surface area contributed by atoms with Crippen molar-refractivity contribution in [3.05, 3.63) is 18.2 Å². The van der Waals surface area contributed by atoms with Gasteiger partial charge in [-0.3, -0.25) is 14.5 Å². The maximum absolute atomic E-state index is 12.1. The van der Waals surface area contributed by atoms with Gasteiger partial charge in [-0.25, -0.2) is 0 Å². The minimum atomic E-state index is -0.543. The lowest BCUT2D eigenvalue weighted by Gasteiger charge is -2.33. The molecule has 2 rings (SSSR count). The first-order valence-corrected chi connectivity index (χ1v) is 7.07. The molecule has 1 saturated heterocycles. The Morgan fingerprint density at radius 3 is 2.52 bits per heavy atom. The Hall–Kier alpha value is -2.24. The van der Waals surface area contributed by atoms with Gasteiger partial charge in [0.25, 0.3) is 0 Å². The Morgan fingerprint density at radius 1 is 1.19 bits per heavy atom. The van der Waals surface area contributed by atoms with Crippen molar-refractivity contribution in [1.82, 2.24) is 5.32 Å². The molecule has 1 fully saturated rings. The van der Waals surface area contributed by atoms with Crippen molar-refractivity contribution in [2.24, 2.45) is 0 Å². The highest BCUT2D eigenvalue weighted by Gasteiger charge is 2.32. The highest BCUT2D eigenvalue weighted by molar-refractivity contribution is 6.06. The summed E-state index contributed by atoms with van der Waals surface area (Å²) in [6, 6.07) is 4.72. The maximum Gasteiger partial charge on any atom is 0.247 e. The molecule has 1 aromatic rings. The van der Waals surface area contributed by atoms with Crippen molar-refractivity contribution < 1.29 is 19.1 Å². The minimum absolute atomic E-state index is 0.0142. The average molecular weight is 292 g/mol. The first-order chi connectivity index (χ1) is 10.1. The van der Waals surface area contributed by atoms with Gasteiger partial charge in [0.15, 0.2) is 11.5 Å². The zero-order valence-corrected chi connectivity index (χ0v) is 12.5. The number of rotatable bonds is 5. The van der Waals surface area contributed by atoms with Gasteiger partial charge in [0, 0.05) is 11.8 Å². The third kappa shape index (κ3) is 3.09. The van der Waals surface area contributed by atoms with Crippen LogP contribution in [-0.4, -0.2) is 37.6 Å². The standard InChI is InChI=1S/C15H20N2O4/c1-4-20-12-7-6-11(8-13(12)21-5-2)17-10(3)15(19)16-9-14(17)18/h6-8,10H,4-5,9H2,1-3H3,(H,16,19). The van der Waals surface area contributed by atoms with Crippen LogP contribution in [0.4, 0.5) is 5.69 Å². The molecule has 0 bridgehead atoms. The maximum atomic E-state index is 12.1. The van der Waals surface area contributed by atoms with Crippen molar-refractivity contribution in [3.63, 3.8) is 0 Å². The van der Waals surface area contributed by atoms with E-state index in [1.165, 1.54) is 4.90 Å². The molecule has 1 aliphatic heterocycles. The summed E-state index contributed by atoms with van der Waals surface area (Å²) in [5.41, 5.74) is 0.634. The van der Waals surface area contributed by atoms with E-state index in [-0.39, 0.29) is 18.4 Å². The summed E-state index contributed by atoms with van der Waals surface area (Å²) in [5, 5.41) is 2.57. The van der Waals surface area contributed by atoms with Crippen LogP contribution in [0.25, 0.3) is 0 Å². The highest BCUT2D eigenvalue weighted by Crippen LogP contribution is 2.33. The number of carbonyl (C=O) groups excluding carboxylic acids is 2. The molecule has 6 nitrogen and oxygen atoms in total. The summed E-state index contributed by atoms with van der Waals surface area (Å²) in [5.74, 6) is 0.891. The van der Waals surface area contributed by atoms with E-state index in [1.54, 1.807) is 25.1 Å². The molecule has 0 saturated carbocycles. The van der Waals surface area contributed by atoms with Gasteiger partial charge in [0.1, 0.15) is 6.04 Å². The summed E-state index contributed by atoms with van der Waals surface area (Å²) in [4.78, 5) is 25.3. The Kier molecular flexibility index (Phi) is 4.67. The van der Waals surface area contributed by atoms with Crippen LogP contribution in [0, 0.1) is 0 Å². The topological polar surface area (TPSA) is 67.9 Å². The van der Waals surface area contributed by atoms with Gasteiger partial charge in [-0.05, 0) is 32.9 Å². The quantitative estimate of drug-likeness (QED) is 0.889. The summed E-state index contributed by atoms with van der Waals surface area (Å²) >= 11 is 0. The molecule has 0 aromatic heterocycles. The fourth-order valence-electron chi connectivity index (χ4n) is 2.29. The zero-order valence-electron chi connectivity index (χ0n) is 12.5. The Balaban J connectivity index is 2.36. The number of hydrogen-bond acceptors (Lipinski definition) is 4. The van der Waals surface area contributed by atoms with Crippen LogP contribution in [0.5, 0.6) is 11.5 Å². The number of ether oxygens (including phenoxy) is 2. The van der Waals surface area contributed by atoms with E-state index in [1.807, 2.05) is 13.8 Å². The second kappa shape index (κ2) is 6.47. The van der Waals surface area contributed by atoms with Crippen molar-refractivity contribution in [1.29, 1.82) is 0 Å². The molecule has 1 atom stereocenters. The number of nitrogens with one attached hydrogen (secondary N) is 1. The van der Waals surface area contributed by atoms with Gasteiger partial charge in [-0.1, -0.05) is 0 Å². The minimum Gasteiger partial charge on any atom is -0.490 e. The molecule has 0 aliphatic carbocycles. The number of amides is 2. The van der Waals surface area contributed by atoms with E-state index in [0.29, 0.717) is 30.4 Å². The smallest absolute Gasteiger partial charge is 0.247 e. The van der Waals surface area contributed by atoms with Crippen LogP contribution in [-0.2, 0) is 9.59 Å². The van der Waals surface area contributed by atoms with Crippen molar-refractivity contribution in [3.8, 4) is 11.5 Å². The van der Waals surface area contributed by atoms with Crippen LogP contribution in [0.1, 0.15) is 20.8 Å². The molecule has 1 aliphatic rings. The zero-order chi connectivity index (χ0) is 15.4. The molecule has 21 heavy (non-hydrogen) atoms. The van der Waals surface area contributed by atoms with Gasteiger partial charge in [0.05, 0.1) is 19.8 Å². The van der Waals surface area contributed by atoms with Crippen LogP contribution < -0.4 is 19.7 Å². The number of carbonyl (C=O) groups is 2. The summed E-state index contributed by atoms with van der Waals surface area (Å²) in [7, 11) is 0. The molecular formula is C15H20N2O4. The lowest BCUT2D eigenvalue weighted by molar-refractivity contribution is -0.130. The van der Waals surface area contributed by atoms with Crippen molar-refractivity contribution in [2.75, 3.05) is 24.7 Å². The third-order valence-electron chi connectivity index (χ3n) is 3.25.